The van der Waals surface area contributed by atoms with E-state index in [0.29, 0.717) is 6.04 Å². The van der Waals surface area contributed by atoms with Gasteiger partial charge in [-0.1, -0.05) is 68.4 Å². The first kappa shape index (κ1) is 25.5. The molecule has 0 saturated carbocycles. The van der Waals surface area contributed by atoms with Crippen LogP contribution in [0, 0.1) is 0 Å². The standard InChI is InChI=1S/C33H35N3O2/c1-5-23-9-15-31(25(6-2)18-23)36-22(3)17-28-19-27(29-20-34-35(4)21-29)13-14-30(28)33(36)26-11-7-24(8-12-26)10-16-32(37)38/h7-16,18-22,33H,5-6,17H2,1-4H3,(H,37,38)/b16-10+/t22-,33-/m1/s1. The maximum absolute atomic E-state index is 11.0. The Morgan fingerprint density at radius 3 is 2.47 bits per heavy atom. The molecule has 0 amide bonds. The highest BCUT2D eigenvalue weighted by atomic mass is 16.4. The Balaban J connectivity index is 1.64. The largest absolute Gasteiger partial charge is 0.478 e. The van der Waals surface area contributed by atoms with Crippen LogP contribution in [0.4, 0.5) is 5.69 Å². The lowest BCUT2D eigenvalue weighted by molar-refractivity contribution is -0.131. The summed E-state index contributed by atoms with van der Waals surface area (Å²) in [6.45, 7) is 6.76. The van der Waals surface area contributed by atoms with Gasteiger partial charge >= 0.3 is 5.97 Å². The Labute approximate surface area is 225 Å². The summed E-state index contributed by atoms with van der Waals surface area (Å²) in [6, 6.07) is 22.4. The molecule has 1 aliphatic heterocycles. The number of carboxylic acid groups (broad SMARTS) is 1. The second kappa shape index (κ2) is 10.7. The fourth-order valence-corrected chi connectivity index (χ4v) is 5.69. The quantitative estimate of drug-likeness (QED) is 0.279. The van der Waals surface area contributed by atoms with E-state index in [4.69, 9.17) is 5.11 Å². The molecule has 3 aromatic carbocycles. The molecule has 0 saturated heterocycles. The molecule has 194 valence electrons. The molecule has 0 fully saturated rings. The van der Waals surface area contributed by atoms with E-state index in [9.17, 15) is 4.79 Å². The molecule has 1 aliphatic rings. The number of carboxylic acids is 1. The minimum atomic E-state index is -0.942. The lowest BCUT2D eigenvalue weighted by atomic mass is 9.82. The lowest BCUT2D eigenvalue weighted by Crippen LogP contribution is -2.43. The van der Waals surface area contributed by atoms with Gasteiger partial charge in [-0.15, -0.1) is 0 Å². The van der Waals surface area contributed by atoms with E-state index in [1.807, 2.05) is 30.1 Å². The van der Waals surface area contributed by atoms with Gasteiger partial charge in [0.1, 0.15) is 0 Å². The Morgan fingerprint density at radius 2 is 1.82 bits per heavy atom. The van der Waals surface area contributed by atoms with Gasteiger partial charge < -0.3 is 10.0 Å². The molecule has 5 nitrogen and oxygen atoms in total. The molecule has 0 spiro atoms. The fraction of sp³-hybridized carbons (Fsp3) is 0.273. The van der Waals surface area contributed by atoms with Gasteiger partial charge in [-0.05, 0) is 77.3 Å². The number of fused-ring (bicyclic) bond motifs is 1. The van der Waals surface area contributed by atoms with Crippen LogP contribution in [0.1, 0.15) is 60.2 Å². The zero-order chi connectivity index (χ0) is 26.8. The summed E-state index contributed by atoms with van der Waals surface area (Å²) in [5, 5.41) is 13.4. The van der Waals surface area contributed by atoms with E-state index in [1.165, 1.54) is 45.1 Å². The first-order valence-corrected chi connectivity index (χ1v) is 13.4. The normalized spacial score (nSPS) is 17.1. The Morgan fingerprint density at radius 1 is 1.03 bits per heavy atom. The van der Waals surface area contributed by atoms with Crippen molar-refractivity contribution in [2.24, 2.45) is 7.05 Å². The van der Waals surface area contributed by atoms with Crippen LogP contribution in [0.2, 0.25) is 0 Å². The number of aryl methyl sites for hydroxylation is 3. The van der Waals surface area contributed by atoms with Crippen molar-refractivity contribution in [2.45, 2.75) is 52.1 Å². The number of benzene rings is 3. The maximum Gasteiger partial charge on any atom is 0.328 e. The van der Waals surface area contributed by atoms with Gasteiger partial charge in [0.05, 0.1) is 12.2 Å². The third kappa shape index (κ3) is 5.01. The molecule has 0 radical (unpaired) electrons. The highest BCUT2D eigenvalue weighted by Gasteiger charge is 2.34. The van der Waals surface area contributed by atoms with Crippen LogP contribution in [-0.2, 0) is 31.1 Å². The van der Waals surface area contributed by atoms with E-state index in [0.717, 1.165) is 30.4 Å². The van der Waals surface area contributed by atoms with Crippen LogP contribution in [0.15, 0.2) is 79.1 Å². The Kier molecular flexibility index (Phi) is 7.19. The molecule has 38 heavy (non-hydrogen) atoms. The van der Waals surface area contributed by atoms with Crippen molar-refractivity contribution in [3.63, 3.8) is 0 Å². The van der Waals surface area contributed by atoms with Gasteiger partial charge in [-0.25, -0.2) is 4.79 Å². The highest BCUT2D eigenvalue weighted by molar-refractivity contribution is 5.85. The first-order chi connectivity index (χ1) is 18.4. The first-order valence-electron chi connectivity index (χ1n) is 13.4. The predicted molar refractivity (Wildman–Crippen MR) is 154 cm³/mol. The van der Waals surface area contributed by atoms with Crippen molar-refractivity contribution in [1.29, 1.82) is 0 Å². The molecule has 2 atom stereocenters. The molecule has 2 heterocycles. The Bertz CT molecular complexity index is 1480. The van der Waals surface area contributed by atoms with Gasteiger partial charge in [-0.2, -0.15) is 5.10 Å². The summed E-state index contributed by atoms with van der Waals surface area (Å²) in [5.41, 5.74) is 11.1. The van der Waals surface area contributed by atoms with Crippen molar-refractivity contribution in [3.8, 4) is 11.1 Å². The number of hydrogen-bond donors (Lipinski definition) is 1. The summed E-state index contributed by atoms with van der Waals surface area (Å²) in [5.74, 6) is -0.942. The van der Waals surface area contributed by atoms with E-state index in [2.05, 4.69) is 85.5 Å². The summed E-state index contributed by atoms with van der Waals surface area (Å²) in [7, 11) is 1.95. The smallest absolute Gasteiger partial charge is 0.328 e. The van der Waals surface area contributed by atoms with Crippen molar-refractivity contribution in [3.05, 3.63) is 113 Å². The average Bonchev–Trinajstić information content (AvgIpc) is 3.37. The molecule has 5 heteroatoms. The summed E-state index contributed by atoms with van der Waals surface area (Å²) < 4.78 is 1.84. The number of nitrogens with zero attached hydrogens (tertiary/aromatic N) is 3. The van der Waals surface area contributed by atoms with Gasteiger partial charge in [0.2, 0.25) is 0 Å². The molecule has 4 aromatic rings. The molecular weight excluding hydrogens is 470 g/mol. The minimum Gasteiger partial charge on any atom is -0.478 e. The number of hydrogen-bond acceptors (Lipinski definition) is 3. The average molecular weight is 506 g/mol. The van der Waals surface area contributed by atoms with E-state index >= 15 is 0 Å². The van der Waals surface area contributed by atoms with Crippen LogP contribution in [0.25, 0.3) is 17.2 Å². The van der Waals surface area contributed by atoms with Gasteiger partial charge in [0.15, 0.2) is 0 Å². The van der Waals surface area contributed by atoms with Crippen LogP contribution in [-0.4, -0.2) is 26.9 Å². The van der Waals surface area contributed by atoms with Gasteiger partial charge in [0.25, 0.3) is 0 Å². The minimum absolute atomic E-state index is 0.0481. The number of carbonyl (C=O) groups is 1. The molecule has 1 aromatic heterocycles. The summed E-state index contributed by atoms with van der Waals surface area (Å²) in [6.07, 6.45) is 9.76. The molecule has 1 N–H and O–H groups in total. The van der Waals surface area contributed by atoms with Crippen LogP contribution >= 0.6 is 0 Å². The third-order valence-electron chi connectivity index (χ3n) is 7.63. The number of rotatable bonds is 7. The molecule has 5 rings (SSSR count). The predicted octanol–water partition coefficient (Wildman–Crippen LogP) is 6.85. The summed E-state index contributed by atoms with van der Waals surface area (Å²) in [4.78, 5) is 13.6. The van der Waals surface area contributed by atoms with E-state index < -0.39 is 5.97 Å². The lowest BCUT2D eigenvalue weighted by Gasteiger charge is -2.45. The van der Waals surface area contributed by atoms with E-state index in [1.54, 1.807) is 6.08 Å². The number of aromatic nitrogens is 2. The molecule has 0 aliphatic carbocycles. The maximum atomic E-state index is 11.0. The second-order valence-corrected chi connectivity index (χ2v) is 10.2. The molecular formula is C33H35N3O2. The zero-order valence-electron chi connectivity index (χ0n) is 22.6. The number of aliphatic carboxylic acids is 1. The second-order valence-electron chi connectivity index (χ2n) is 10.2. The Hall–Kier alpha value is -4.12. The van der Waals surface area contributed by atoms with Crippen LogP contribution < -0.4 is 4.90 Å². The van der Waals surface area contributed by atoms with Gasteiger partial charge in [0, 0.05) is 36.6 Å². The van der Waals surface area contributed by atoms with Crippen LogP contribution in [0.3, 0.4) is 0 Å². The number of anilines is 1. The monoisotopic (exact) mass is 505 g/mol. The van der Waals surface area contributed by atoms with E-state index in [-0.39, 0.29) is 6.04 Å². The topological polar surface area (TPSA) is 58.4 Å². The van der Waals surface area contributed by atoms with Crippen molar-refractivity contribution >= 4 is 17.7 Å². The fourth-order valence-electron chi connectivity index (χ4n) is 5.69. The summed E-state index contributed by atoms with van der Waals surface area (Å²) >= 11 is 0. The third-order valence-corrected chi connectivity index (χ3v) is 7.63. The van der Waals surface area contributed by atoms with Crippen LogP contribution in [0.5, 0.6) is 0 Å². The van der Waals surface area contributed by atoms with Crippen molar-refractivity contribution in [2.75, 3.05) is 4.90 Å². The van der Waals surface area contributed by atoms with Crippen molar-refractivity contribution < 1.29 is 9.90 Å². The zero-order valence-corrected chi connectivity index (χ0v) is 22.6. The van der Waals surface area contributed by atoms with Crippen molar-refractivity contribution in [1.82, 2.24) is 9.78 Å². The molecule has 0 bridgehead atoms. The SMILES string of the molecule is CCc1ccc(N2[C@H](c3ccc(/C=C/C(=O)O)cc3)c3ccc(-c4cnn(C)c4)cc3C[C@H]2C)c(CC)c1. The highest BCUT2D eigenvalue weighted by Crippen LogP contribution is 2.43. The van der Waals surface area contributed by atoms with Gasteiger partial charge in [-0.3, -0.25) is 4.68 Å². The molecule has 0 unspecified atom stereocenters.